The Hall–Kier alpha value is -4.20. The maximum absolute atomic E-state index is 12.7. The van der Waals surface area contributed by atoms with Crippen molar-refractivity contribution >= 4 is 35.9 Å². The Morgan fingerprint density at radius 2 is 1.39 bits per heavy atom. The zero-order chi connectivity index (χ0) is 28.2. The third-order valence-electron chi connectivity index (χ3n) is 4.92. The summed E-state index contributed by atoms with van der Waals surface area (Å²) in [6, 6.07) is 7.48. The summed E-state index contributed by atoms with van der Waals surface area (Å²) in [6.07, 6.45) is -6.44. The number of hydrogen-bond acceptors (Lipinski definition) is 12. The smallest absolute Gasteiger partial charge is 0.407 e. The van der Waals surface area contributed by atoms with E-state index in [4.69, 9.17) is 28.4 Å². The minimum absolute atomic E-state index is 0.0262. The van der Waals surface area contributed by atoms with Crippen LogP contribution in [0.15, 0.2) is 30.3 Å². The predicted octanol–water partition coefficient (Wildman–Crippen LogP) is 0.112. The van der Waals surface area contributed by atoms with Gasteiger partial charge in [0.05, 0.1) is 0 Å². The van der Waals surface area contributed by atoms with E-state index < -0.39 is 79.7 Å². The molecule has 5 unspecified atom stereocenters. The first-order valence-corrected chi connectivity index (χ1v) is 11.5. The van der Waals surface area contributed by atoms with Crippen molar-refractivity contribution in [3.63, 3.8) is 0 Å². The number of nitrogens with one attached hydrogen (secondary N) is 2. The van der Waals surface area contributed by atoms with Crippen molar-refractivity contribution in [2.45, 2.75) is 64.9 Å². The molecule has 1 saturated heterocycles. The molecule has 0 aliphatic carbocycles. The van der Waals surface area contributed by atoms with Gasteiger partial charge in [-0.05, 0) is 5.56 Å². The number of carbonyl (C=O) groups is 6. The van der Waals surface area contributed by atoms with Gasteiger partial charge in [-0.1, -0.05) is 30.3 Å². The maximum atomic E-state index is 12.7. The molecule has 1 aromatic carbocycles. The van der Waals surface area contributed by atoms with Crippen LogP contribution in [0.5, 0.6) is 0 Å². The SMILES string of the molecule is CC(=O)OCC1OC(OC(C)=O)C(NC(=O)CNC(=O)OCc2ccccc2)C(OC(C)=O)C1OC(C)=O. The Kier molecular flexibility index (Phi) is 11.5. The second-order valence-corrected chi connectivity index (χ2v) is 8.11. The highest BCUT2D eigenvalue weighted by molar-refractivity contribution is 5.82. The molecule has 0 bridgehead atoms. The molecule has 14 heteroatoms. The molecule has 1 aliphatic heterocycles. The molecule has 38 heavy (non-hydrogen) atoms. The van der Waals surface area contributed by atoms with Crippen LogP contribution in [0.1, 0.15) is 33.3 Å². The molecule has 0 aromatic heterocycles. The van der Waals surface area contributed by atoms with Gasteiger partial charge in [-0.15, -0.1) is 0 Å². The van der Waals surface area contributed by atoms with Crippen LogP contribution in [0.3, 0.4) is 0 Å². The third-order valence-corrected chi connectivity index (χ3v) is 4.92. The van der Waals surface area contributed by atoms with Crippen LogP contribution in [-0.2, 0) is 59.0 Å². The zero-order valence-electron chi connectivity index (χ0n) is 21.3. The van der Waals surface area contributed by atoms with E-state index in [2.05, 4.69) is 10.6 Å². The number of carbonyl (C=O) groups excluding carboxylic acids is 6. The quantitative estimate of drug-likeness (QED) is 0.303. The highest BCUT2D eigenvalue weighted by Crippen LogP contribution is 2.28. The highest BCUT2D eigenvalue weighted by atomic mass is 16.7. The Balaban J connectivity index is 2.17. The number of rotatable bonds is 10. The molecular weight excluding hydrogens is 508 g/mol. The van der Waals surface area contributed by atoms with Gasteiger partial charge in [0.2, 0.25) is 12.2 Å². The Morgan fingerprint density at radius 3 is 1.97 bits per heavy atom. The van der Waals surface area contributed by atoms with Gasteiger partial charge in [-0.2, -0.15) is 0 Å². The van der Waals surface area contributed by atoms with E-state index in [1.54, 1.807) is 30.3 Å². The number of esters is 4. The number of ether oxygens (including phenoxy) is 6. The number of amides is 2. The first-order valence-electron chi connectivity index (χ1n) is 11.5. The highest BCUT2D eigenvalue weighted by Gasteiger charge is 2.52. The first-order chi connectivity index (χ1) is 18.0. The summed E-state index contributed by atoms with van der Waals surface area (Å²) in [5.41, 5.74) is 0.736. The summed E-state index contributed by atoms with van der Waals surface area (Å²) in [5.74, 6) is -3.89. The van der Waals surface area contributed by atoms with Crippen molar-refractivity contribution < 1.29 is 57.2 Å². The molecular formula is C24H30N2O12. The molecule has 0 spiro atoms. The summed E-state index contributed by atoms with van der Waals surface area (Å²) in [6.45, 7) is 3.33. The van der Waals surface area contributed by atoms with E-state index in [1.807, 2.05) is 0 Å². The van der Waals surface area contributed by atoms with Gasteiger partial charge in [-0.25, -0.2) is 4.79 Å². The Morgan fingerprint density at radius 1 is 0.789 bits per heavy atom. The summed E-state index contributed by atoms with van der Waals surface area (Å²) in [5, 5.41) is 4.73. The van der Waals surface area contributed by atoms with E-state index in [0.717, 1.165) is 33.3 Å². The fourth-order valence-corrected chi connectivity index (χ4v) is 3.48. The van der Waals surface area contributed by atoms with Gasteiger partial charge in [-0.3, -0.25) is 24.0 Å². The fourth-order valence-electron chi connectivity index (χ4n) is 3.48. The van der Waals surface area contributed by atoms with Gasteiger partial charge in [0.15, 0.2) is 12.2 Å². The Bertz CT molecular complexity index is 1010. The molecule has 1 aliphatic rings. The topological polar surface area (TPSA) is 182 Å². The van der Waals surface area contributed by atoms with Crippen molar-refractivity contribution in [2.75, 3.05) is 13.2 Å². The molecule has 2 N–H and O–H groups in total. The normalized spacial score (nSPS) is 22.3. The zero-order valence-corrected chi connectivity index (χ0v) is 21.3. The molecule has 1 aromatic rings. The van der Waals surface area contributed by atoms with Gasteiger partial charge < -0.3 is 39.1 Å². The maximum Gasteiger partial charge on any atom is 0.407 e. The summed E-state index contributed by atoms with van der Waals surface area (Å²) in [4.78, 5) is 71.5. The molecule has 2 amide bonds. The van der Waals surface area contributed by atoms with Gasteiger partial charge in [0.1, 0.15) is 31.9 Å². The van der Waals surface area contributed by atoms with Gasteiger partial charge in [0, 0.05) is 27.7 Å². The lowest BCUT2D eigenvalue weighted by Crippen LogP contribution is -2.67. The molecule has 0 radical (unpaired) electrons. The van der Waals surface area contributed by atoms with E-state index in [1.165, 1.54) is 0 Å². The lowest BCUT2D eigenvalue weighted by atomic mass is 9.96. The van der Waals surface area contributed by atoms with Crippen LogP contribution in [0.4, 0.5) is 4.79 Å². The summed E-state index contributed by atoms with van der Waals surface area (Å²) in [7, 11) is 0. The number of benzene rings is 1. The van der Waals surface area contributed by atoms with Crippen LogP contribution < -0.4 is 10.6 Å². The third kappa shape index (κ3) is 10.0. The van der Waals surface area contributed by atoms with Gasteiger partial charge >= 0.3 is 30.0 Å². The molecule has 14 nitrogen and oxygen atoms in total. The average molecular weight is 539 g/mol. The van der Waals surface area contributed by atoms with Crippen LogP contribution in [0.25, 0.3) is 0 Å². The average Bonchev–Trinajstić information content (AvgIpc) is 2.83. The molecule has 5 atom stereocenters. The molecule has 1 heterocycles. The number of alkyl carbamates (subject to hydrolysis) is 1. The second kappa shape index (κ2) is 14.5. The van der Waals surface area contributed by atoms with E-state index in [0.29, 0.717) is 0 Å². The van der Waals surface area contributed by atoms with Crippen molar-refractivity contribution in [3.8, 4) is 0 Å². The summed E-state index contributed by atoms with van der Waals surface area (Å²) < 4.78 is 31.4. The minimum Gasteiger partial charge on any atom is -0.463 e. The van der Waals surface area contributed by atoms with Gasteiger partial charge in [0.25, 0.3) is 0 Å². The molecule has 0 saturated carbocycles. The first kappa shape index (κ1) is 30.0. The minimum atomic E-state index is -1.54. The van der Waals surface area contributed by atoms with E-state index >= 15 is 0 Å². The van der Waals surface area contributed by atoms with E-state index in [-0.39, 0.29) is 6.61 Å². The lowest BCUT2D eigenvalue weighted by molar-refractivity contribution is -0.271. The van der Waals surface area contributed by atoms with E-state index in [9.17, 15) is 28.8 Å². The molecule has 208 valence electrons. The van der Waals surface area contributed by atoms with Crippen molar-refractivity contribution in [1.29, 1.82) is 0 Å². The van der Waals surface area contributed by atoms with Crippen molar-refractivity contribution in [2.24, 2.45) is 0 Å². The fraction of sp³-hybridized carbons (Fsp3) is 0.500. The van der Waals surface area contributed by atoms with Crippen molar-refractivity contribution in [3.05, 3.63) is 35.9 Å². The van der Waals surface area contributed by atoms with Crippen LogP contribution in [0.2, 0.25) is 0 Å². The molecule has 1 fully saturated rings. The second-order valence-electron chi connectivity index (χ2n) is 8.11. The summed E-state index contributed by atoms with van der Waals surface area (Å²) >= 11 is 0. The predicted molar refractivity (Wildman–Crippen MR) is 125 cm³/mol. The van der Waals surface area contributed by atoms with Crippen LogP contribution in [0, 0.1) is 0 Å². The van der Waals surface area contributed by atoms with Crippen molar-refractivity contribution in [1.82, 2.24) is 10.6 Å². The Labute approximate surface area is 218 Å². The van der Waals surface area contributed by atoms with Crippen LogP contribution >= 0.6 is 0 Å². The molecule has 2 rings (SSSR count). The van der Waals surface area contributed by atoms with Crippen LogP contribution in [-0.4, -0.2) is 79.7 Å². The lowest BCUT2D eigenvalue weighted by Gasteiger charge is -2.44. The number of hydrogen-bond donors (Lipinski definition) is 2. The largest absolute Gasteiger partial charge is 0.463 e. The standard InChI is InChI=1S/C24H30N2O12/c1-13(27)33-12-18-21(35-14(2)28)22(36-15(3)29)20(23(38-18)37-16(4)30)26-19(31)10-25-24(32)34-11-17-8-6-5-7-9-17/h5-9,18,20-23H,10-12H2,1-4H3,(H,25,32)(H,26,31). The monoisotopic (exact) mass is 538 g/mol.